The summed E-state index contributed by atoms with van der Waals surface area (Å²) in [4.78, 5) is 11.9. The Morgan fingerprint density at radius 1 is 1.41 bits per heavy atom. The van der Waals surface area contributed by atoms with Crippen molar-refractivity contribution < 1.29 is 4.79 Å². The minimum absolute atomic E-state index is 0.0569. The van der Waals surface area contributed by atoms with Crippen molar-refractivity contribution in [3.05, 3.63) is 29.8 Å². The van der Waals surface area contributed by atoms with Gasteiger partial charge >= 0.3 is 0 Å². The molecule has 0 aliphatic carbocycles. The summed E-state index contributed by atoms with van der Waals surface area (Å²) in [6.45, 7) is 3.41. The van der Waals surface area contributed by atoms with E-state index in [4.69, 9.17) is 6.42 Å². The van der Waals surface area contributed by atoms with E-state index in [0.717, 1.165) is 18.7 Å². The number of carbonyl (C=O) groups excluding carboxylic acids is 1. The van der Waals surface area contributed by atoms with Gasteiger partial charge in [0.2, 0.25) is 0 Å². The van der Waals surface area contributed by atoms with Crippen LogP contribution >= 0.6 is 0 Å². The number of nitrogens with one attached hydrogen (secondary N) is 2. The summed E-state index contributed by atoms with van der Waals surface area (Å²) in [6.07, 6.45) is 6.65. The van der Waals surface area contributed by atoms with Gasteiger partial charge in [-0.2, -0.15) is 0 Å². The predicted molar refractivity (Wildman–Crippen MR) is 71.0 cm³/mol. The molecule has 1 aromatic carbocycles. The van der Waals surface area contributed by atoms with Gasteiger partial charge in [-0.05, 0) is 25.5 Å². The van der Waals surface area contributed by atoms with Crippen molar-refractivity contribution >= 4 is 11.6 Å². The highest BCUT2D eigenvalue weighted by Gasteiger charge is 2.08. The van der Waals surface area contributed by atoms with Gasteiger partial charge in [-0.1, -0.05) is 12.1 Å². The maximum absolute atomic E-state index is 11.9. The molecule has 3 heteroatoms. The summed E-state index contributed by atoms with van der Waals surface area (Å²) in [5.74, 6) is 2.49. The first kappa shape index (κ1) is 13.1. The zero-order chi connectivity index (χ0) is 12.5. The van der Waals surface area contributed by atoms with E-state index in [1.54, 1.807) is 0 Å². The molecule has 0 bridgehead atoms. The average Bonchev–Trinajstić information content (AvgIpc) is 2.35. The minimum Gasteiger partial charge on any atom is -0.385 e. The van der Waals surface area contributed by atoms with Crippen LogP contribution in [0.3, 0.4) is 0 Å². The van der Waals surface area contributed by atoms with E-state index in [1.807, 2.05) is 31.2 Å². The smallest absolute Gasteiger partial charge is 0.253 e. The van der Waals surface area contributed by atoms with Gasteiger partial charge in [-0.25, -0.2) is 0 Å². The molecule has 0 atom stereocenters. The summed E-state index contributed by atoms with van der Waals surface area (Å²) >= 11 is 0. The van der Waals surface area contributed by atoms with E-state index >= 15 is 0 Å². The molecule has 0 radical (unpaired) electrons. The molecule has 1 aromatic rings. The SMILES string of the molecule is C#CCCCNC(=O)c1ccccc1NCC. The number of hydrogen-bond acceptors (Lipinski definition) is 2. The van der Waals surface area contributed by atoms with Crippen LogP contribution in [0.25, 0.3) is 0 Å². The lowest BCUT2D eigenvalue weighted by Crippen LogP contribution is -2.25. The predicted octanol–water partition coefficient (Wildman–Crippen LogP) is 2.26. The Hall–Kier alpha value is -1.95. The van der Waals surface area contributed by atoms with Gasteiger partial charge in [0, 0.05) is 25.2 Å². The fourth-order valence-electron chi connectivity index (χ4n) is 1.51. The lowest BCUT2D eigenvalue weighted by Gasteiger charge is -2.10. The summed E-state index contributed by atoms with van der Waals surface area (Å²) in [5.41, 5.74) is 1.54. The second-order valence-corrected chi connectivity index (χ2v) is 3.64. The number of rotatable bonds is 6. The Kier molecular flexibility index (Phi) is 5.67. The fraction of sp³-hybridized carbons (Fsp3) is 0.357. The molecule has 90 valence electrons. The number of terminal acetylenes is 1. The number of amides is 1. The van der Waals surface area contributed by atoms with Crippen LogP contribution in [-0.2, 0) is 0 Å². The van der Waals surface area contributed by atoms with E-state index in [0.29, 0.717) is 18.5 Å². The Labute approximate surface area is 103 Å². The number of anilines is 1. The Bertz CT molecular complexity index is 407. The molecule has 3 nitrogen and oxygen atoms in total. The number of benzene rings is 1. The monoisotopic (exact) mass is 230 g/mol. The topological polar surface area (TPSA) is 41.1 Å². The second-order valence-electron chi connectivity index (χ2n) is 3.64. The first-order valence-electron chi connectivity index (χ1n) is 5.84. The van der Waals surface area contributed by atoms with Crippen molar-refractivity contribution in [2.75, 3.05) is 18.4 Å². The lowest BCUT2D eigenvalue weighted by atomic mass is 10.1. The van der Waals surface area contributed by atoms with Crippen LogP contribution in [0.15, 0.2) is 24.3 Å². The Balaban J connectivity index is 2.59. The Morgan fingerprint density at radius 3 is 2.88 bits per heavy atom. The van der Waals surface area contributed by atoms with Gasteiger partial charge in [-0.3, -0.25) is 4.79 Å². The third kappa shape index (κ3) is 4.20. The number of para-hydroxylation sites is 1. The van der Waals surface area contributed by atoms with E-state index in [-0.39, 0.29) is 5.91 Å². The molecule has 0 saturated heterocycles. The highest BCUT2D eigenvalue weighted by Crippen LogP contribution is 2.14. The zero-order valence-electron chi connectivity index (χ0n) is 10.1. The molecule has 0 aliphatic heterocycles. The molecule has 0 heterocycles. The standard InChI is InChI=1S/C14H18N2O/c1-3-5-8-11-16-14(17)12-9-6-7-10-13(12)15-4-2/h1,6-7,9-10,15H,4-5,8,11H2,2H3,(H,16,17). The van der Waals surface area contributed by atoms with Gasteiger partial charge in [-0.15, -0.1) is 12.3 Å². The maximum atomic E-state index is 11.9. The molecule has 0 aromatic heterocycles. The molecule has 0 spiro atoms. The molecule has 17 heavy (non-hydrogen) atoms. The quantitative estimate of drug-likeness (QED) is 0.581. The fourth-order valence-corrected chi connectivity index (χ4v) is 1.51. The average molecular weight is 230 g/mol. The first-order valence-corrected chi connectivity index (χ1v) is 5.84. The lowest BCUT2D eigenvalue weighted by molar-refractivity contribution is 0.0954. The third-order valence-electron chi connectivity index (χ3n) is 2.32. The minimum atomic E-state index is -0.0569. The largest absolute Gasteiger partial charge is 0.385 e. The van der Waals surface area contributed by atoms with Crippen LogP contribution in [0.1, 0.15) is 30.1 Å². The van der Waals surface area contributed by atoms with Crippen molar-refractivity contribution in [1.29, 1.82) is 0 Å². The van der Waals surface area contributed by atoms with Crippen LogP contribution in [0, 0.1) is 12.3 Å². The maximum Gasteiger partial charge on any atom is 0.253 e. The molecule has 0 fully saturated rings. The molecular weight excluding hydrogens is 212 g/mol. The molecule has 1 amide bonds. The molecule has 0 unspecified atom stereocenters. The molecule has 0 aliphatic rings. The van der Waals surface area contributed by atoms with Crippen molar-refractivity contribution in [1.82, 2.24) is 5.32 Å². The van der Waals surface area contributed by atoms with Gasteiger partial charge in [0.05, 0.1) is 5.56 Å². The Morgan fingerprint density at radius 2 is 2.18 bits per heavy atom. The van der Waals surface area contributed by atoms with E-state index < -0.39 is 0 Å². The van der Waals surface area contributed by atoms with Crippen LogP contribution in [-0.4, -0.2) is 19.0 Å². The van der Waals surface area contributed by atoms with E-state index in [1.165, 1.54) is 0 Å². The number of carbonyl (C=O) groups is 1. The molecule has 2 N–H and O–H groups in total. The number of unbranched alkanes of at least 4 members (excludes halogenated alkanes) is 1. The number of hydrogen-bond donors (Lipinski definition) is 2. The van der Waals surface area contributed by atoms with Crippen molar-refractivity contribution in [3.63, 3.8) is 0 Å². The van der Waals surface area contributed by atoms with Gasteiger partial charge < -0.3 is 10.6 Å². The summed E-state index contributed by atoms with van der Waals surface area (Å²) < 4.78 is 0. The highest BCUT2D eigenvalue weighted by molar-refractivity contribution is 5.99. The summed E-state index contributed by atoms with van der Waals surface area (Å²) in [5, 5.41) is 6.02. The zero-order valence-corrected chi connectivity index (χ0v) is 10.1. The third-order valence-corrected chi connectivity index (χ3v) is 2.32. The van der Waals surface area contributed by atoms with Crippen LogP contribution in [0.5, 0.6) is 0 Å². The van der Waals surface area contributed by atoms with E-state index in [9.17, 15) is 4.79 Å². The summed E-state index contributed by atoms with van der Waals surface area (Å²) in [7, 11) is 0. The van der Waals surface area contributed by atoms with Gasteiger partial charge in [0.1, 0.15) is 0 Å². The van der Waals surface area contributed by atoms with Crippen LogP contribution < -0.4 is 10.6 Å². The van der Waals surface area contributed by atoms with Gasteiger partial charge in [0.15, 0.2) is 0 Å². The molecule has 1 rings (SSSR count). The van der Waals surface area contributed by atoms with Crippen molar-refractivity contribution in [2.45, 2.75) is 19.8 Å². The normalized spacial score (nSPS) is 9.41. The molecular formula is C14H18N2O. The van der Waals surface area contributed by atoms with Crippen molar-refractivity contribution in [2.24, 2.45) is 0 Å². The van der Waals surface area contributed by atoms with Crippen LogP contribution in [0.4, 0.5) is 5.69 Å². The summed E-state index contributed by atoms with van der Waals surface area (Å²) in [6, 6.07) is 7.48. The first-order chi connectivity index (χ1) is 8.29. The van der Waals surface area contributed by atoms with Crippen molar-refractivity contribution in [3.8, 4) is 12.3 Å². The second kappa shape index (κ2) is 7.34. The van der Waals surface area contributed by atoms with E-state index in [2.05, 4.69) is 16.6 Å². The highest BCUT2D eigenvalue weighted by atomic mass is 16.1. The van der Waals surface area contributed by atoms with Crippen LogP contribution in [0.2, 0.25) is 0 Å². The van der Waals surface area contributed by atoms with Gasteiger partial charge in [0.25, 0.3) is 5.91 Å². The molecule has 0 saturated carbocycles.